The van der Waals surface area contributed by atoms with Crippen LogP contribution in [0, 0.1) is 0 Å². The van der Waals surface area contributed by atoms with Gasteiger partial charge in [0.25, 0.3) is 0 Å². The highest BCUT2D eigenvalue weighted by Gasteiger charge is 2.23. The van der Waals surface area contributed by atoms with Crippen molar-refractivity contribution in [2.24, 2.45) is 0 Å². The summed E-state index contributed by atoms with van der Waals surface area (Å²) in [5.74, 6) is -0.243. The summed E-state index contributed by atoms with van der Waals surface area (Å²) in [7, 11) is 1.57. The van der Waals surface area contributed by atoms with E-state index in [1.165, 1.54) is 17.0 Å². The number of halogens is 2. The molecule has 0 saturated carbocycles. The Morgan fingerprint density at radius 2 is 1.86 bits per heavy atom. The van der Waals surface area contributed by atoms with Gasteiger partial charge in [-0.3, -0.25) is 4.79 Å². The lowest BCUT2D eigenvalue weighted by Gasteiger charge is -2.25. The van der Waals surface area contributed by atoms with Gasteiger partial charge >= 0.3 is 12.7 Å². The molecule has 2 amide bonds. The third-order valence-corrected chi connectivity index (χ3v) is 3.42. The van der Waals surface area contributed by atoms with Crippen molar-refractivity contribution in [3.8, 4) is 11.5 Å². The Bertz CT molecular complexity index is 677. The number of nitrogens with one attached hydrogen (secondary N) is 1. The van der Waals surface area contributed by atoms with E-state index in [1.807, 2.05) is 0 Å². The van der Waals surface area contributed by atoms with Gasteiger partial charge < -0.3 is 24.4 Å². The number of likely N-dealkylation sites (N-methyl/N-ethyl adjacent to an activating group) is 1. The molecule has 0 saturated heterocycles. The number of ether oxygens (including phenoxy) is 3. The molecular weight excluding hydrogens is 374 g/mol. The molecule has 0 aliphatic rings. The van der Waals surface area contributed by atoms with Gasteiger partial charge in [0.1, 0.15) is 11.6 Å². The zero-order chi connectivity index (χ0) is 21.5. The first-order valence-electron chi connectivity index (χ1n) is 8.88. The number of carbonyl (C=O) groups is 2. The van der Waals surface area contributed by atoms with Crippen LogP contribution in [0.3, 0.4) is 0 Å². The van der Waals surface area contributed by atoms with Gasteiger partial charge in [0, 0.05) is 13.6 Å². The van der Waals surface area contributed by atoms with Crippen LogP contribution in [0.4, 0.5) is 13.6 Å². The van der Waals surface area contributed by atoms with Gasteiger partial charge in [0.05, 0.1) is 6.61 Å². The van der Waals surface area contributed by atoms with Crippen LogP contribution in [0.1, 0.15) is 40.2 Å². The average Bonchev–Trinajstić information content (AvgIpc) is 2.54. The van der Waals surface area contributed by atoms with Crippen LogP contribution in [0.2, 0.25) is 0 Å². The highest BCUT2D eigenvalue weighted by molar-refractivity contribution is 5.85. The topological polar surface area (TPSA) is 77.1 Å². The van der Waals surface area contributed by atoms with Crippen molar-refractivity contribution in [2.45, 2.75) is 59.4 Å². The Balaban J connectivity index is 2.77. The monoisotopic (exact) mass is 402 g/mol. The molecular formula is C19H28F2N2O5. The van der Waals surface area contributed by atoms with Crippen molar-refractivity contribution in [2.75, 3.05) is 13.7 Å². The maximum Gasteiger partial charge on any atom is 0.408 e. The molecule has 0 aromatic heterocycles. The standard InChI is InChI=1S/C19H28F2N2O5/c1-7-26-15-10-13(8-9-14(15)27-17(20)21)11-23(6)16(24)12(2)22-18(25)28-19(3,4)5/h8-10,12,17H,7,11H2,1-6H3,(H,22,25)/t12-/m1/s1. The normalized spacial score (nSPS) is 12.3. The highest BCUT2D eigenvalue weighted by Crippen LogP contribution is 2.30. The predicted molar refractivity (Wildman–Crippen MR) is 99.5 cm³/mol. The van der Waals surface area contributed by atoms with Crippen molar-refractivity contribution >= 4 is 12.0 Å². The van der Waals surface area contributed by atoms with Gasteiger partial charge in [0.2, 0.25) is 5.91 Å². The fourth-order valence-electron chi connectivity index (χ4n) is 2.34. The predicted octanol–water partition coefficient (Wildman–Crippen LogP) is 3.56. The number of benzene rings is 1. The minimum Gasteiger partial charge on any atom is -0.490 e. The fraction of sp³-hybridized carbons (Fsp3) is 0.579. The molecule has 1 aromatic carbocycles. The Hall–Kier alpha value is -2.58. The lowest BCUT2D eigenvalue weighted by molar-refractivity contribution is -0.132. The first-order valence-corrected chi connectivity index (χ1v) is 8.88. The molecule has 1 aromatic rings. The van der Waals surface area contributed by atoms with E-state index in [4.69, 9.17) is 9.47 Å². The van der Waals surface area contributed by atoms with Crippen molar-refractivity contribution in [1.29, 1.82) is 0 Å². The van der Waals surface area contributed by atoms with E-state index in [0.717, 1.165) is 0 Å². The second-order valence-electron chi connectivity index (χ2n) is 7.15. The summed E-state index contributed by atoms with van der Waals surface area (Å²) in [6, 6.07) is 3.67. The second-order valence-corrected chi connectivity index (χ2v) is 7.15. The number of alkyl carbamates (subject to hydrolysis) is 1. The van der Waals surface area contributed by atoms with E-state index in [1.54, 1.807) is 47.7 Å². The highest BCUT2D eigenvalue weighted by atomic mass is 19.3. The van der Waals surface area contributed by atoms with Gasteiger partial charge in [-0.1, -0.05) is 6.07 Å². The largest absolute Gasteiger partial charge is 0.490 e. The SMILES string of the molecule is CCOc1cc(CN(C)C(=O)[C@@H](C)NC(=O)OC(C)(C)C)ccc1OC(F)F. The van der Waals surface area contributed by atoms with Crippen LogP contribution in [0.25, 0.3) is 0 Å². The van der Waals surface area contributed by atoms with Gasteiger partial charge in [-0.15, -0.1) is 0 Å². The molecule has 0 aliphatic carbocycles. The van der Waals surface area contributed by atoms with Gasteiger partial charge in [0.15, 0.2) is 11.5 Å². The number of hydrogen-bond donors (Lipinski definition) is 1. The summed E-state index contributed by atoms with van der Waals surface area (Å²) in [6.45, 7) is 5.94. The first kappa shape index (κ1) is 23.5. The third-order valence-electron chi connectivity index (χ3n) is 3.42. The van der Waals surface area contributed by atoms with Crippen LogP contribution in [0.5, 0.6) is 11.5 Å². The van der Waals surface area contributed by atoms with E-state index < -0.39 is 24.3 Å². The van der Waals surface area contributed by atoms with E-state index in [9.17, 15) is 18.4 Å². The summed E-state index contributed by atoms with van der Waals surface area (Å²) in [5.41, 5.74) is -0.0124. The van der Waals surface area contributed by atoms with Crippen molar-refractivity contribution in [3.63, 3.8) is 0 Å². The number of rotatable bonds is 8. The average molecular weight is 402 g/mol. The van der Waals surface area contributed by atoms with Crippen LogP contribution in [0.15, 0.2) is 18.2 Å². The van der Waals surface area contributed by atoms with Crippen LogP contribution in [-0.2, 0) is 16.1 Å². The fourth-order valence-corrected chi connectivity index (χ4v) is 2.34. The molecule has 1 N–H and O–H groups in total. The number of carbonyl (C=O) groups excluding carboxylic acids is 2. The summed E-state index contributed by atoms with van der Waals surface area (Å²) in [5, 5.41) is 2.48. The molecule has 0 unspecified atom stereocenters. The Morgan fingerprint density at radius 1 is 1.21 bits per heavy atom. The molecule has 0 fully saturated rings. The maximum absolute atomic E-state index is 12.5. The van der Waals surface area contributed by atoms with E-state index >= 15 is 0 Å². The summed E-state index contributed by atoms with van der Waals surface area (Å²) in [6.07, 6.45) is -0.686. The molecule has 0 radical (unpaired) electrons. The Labute approximate surface area is 163 Å². The molecule has 0 bridgehead atoms. The van der Waals surface area contributed by atoms with Crippen molar-refractivity contribution in [3.05, 3.63) is 23.8 Å². The zero-order valence-corrected chi connectivity index (χ0v) is 17.0. The molecule has 7 nitrogen and oxygen atoms in total. The van der Waals surface area contributed by atoms with Crippen LogP contribution < -0.4 is 14.8 Å². The van der Waals surface area contributed by atoms with Gasteiger partial charge in [-0.05, 0) is 52.3 Å². The zero-order valence-electron chi connectivity index (χ0n) is 17.0. The lowest BCUT2D eigenvalue weighted by Crippen LogP contribution is -2.46. The van der Waals surface area contributed by atoms with Crippen LogP contribution in [-0.4, -0.2) is 48.8 Å². The molecule has 0 heterocycles. The Kier molecular flexibility index (Phi) is 8.46. The summed E-state index contributed by atoms with van der Waals surface area (Å²) < 4.78 is 39.8. The summed E-state index contributed by atoms with van der Waals surface area (Å²) in [4.78, 5) is 25.7. The van der Waals surface area contributed by atoms with Crippen molar-refractivity contribution < 1.29 is 32.6 Å². The molecule has 158 valence electrons. The van der Waals surface area contributed by atoms with E-state index in [2.05, 4.69) is 10.1 Å². The third kappa shape index (κ3) is 7.98. The number of nitrogens with zero attached hydrogens (tertiary/aromatic N) is 1. The molecule has 0 spiro atoms. The molecule has 0 aliphatic heterocycles. The lowest BCUT2D eigenvalue weighted by atomic mass is 10.1. The van der Waals surface area contributed by atoms with Crippen molar-refractivity contribution in [1.82, 2.24) is 10.2 Å². The number of alkyl halides is 2. The van der Waals surface area contributed by atoms with Crippen LogP contribution >= 0.6 is 0 Å². The number of hydrogen-bond acceptors (Lipinski definition) is 5. The quantitative estimate of drug-likeness (QED) is 0.720. The minimum atomic E-state index is -2.96. The van der Waals surface area contributed by atoms with E-state index in [-0.39, 0.29) is 30.6 Å². The Morgan fingerprint density at radius 3 is 2.39 bits per heavy atom. The smallest absolute Gasteiger partial charge is 0.408 e. The van der Waals surface area contributed by atoms with E-state index in [0.29, 0.717) is 5.56 Å². The second kappa shape index (κ2) is 10.1. The molecule has 28 heavy (non-hydrogen) atoms. The maximum atomic E-state index is 12.5. The molecule has 1 rings (SSSR count). The van der Waals surface area contributed by atoms with Gasteiger partial charge in [-0.25, -0.2) is 4.79 Å². The summed E-state index contributed by atoms with van der Waals surface area (Å²) >= 11 is 0. The minimum absolute atomic E-state index is 0.0745. The van der Waals surface area contributed by atoms with Gasteiger partial charge in [-0.2, -0.15) is 8.78 Å². The first-order chi connectivity index (χ1) is 12.9. The number of amides is 2. The molecule has 9 heteroatoms. The molecule has 1 atom stereocenters.